The number of carbonyl (C=O) groups is 1. The highest BCUT2D eigenvalue weighted by Crippen LogP contribution is 2.16. The molecule has 0 saturated heterocycles. The highest BCUT2D eigenvalue weighted by Gasteiger charge is 2.16. The van der Waals surface area contributed by atoms with Gasteiger partial charge in [0, 0.05) is 26.3 Å². The molecule has 1 aromatic carbocycles. The Labute approximate surface area is 113 Å². The Bertz CT molecular complexity index is 537. The van der Waals surface area contributed by atoms with Gasteiger partial charge in [0.2, 0.25) is 10.0 Å². The van der Waals surface area contributed by atoms with Crippen LogP contribution in [0.2, 0.25) is 0 Å². The Morgan fingerprint density at radius 1 is 1.32 bits per heavy atom. The number of carboxylic acids is 1. The summed E-state index contributed by atoms with van der Waals surface area (Å²) in [4.78, 5) is 10.9. The van der Waals surface area contributed by atoms with E-state index in [0.29, 0.717) is 5.69 Å². The van der Waals surface area contributed by atoms with Gasteiger partial charge in [-0.2, -0.15) is 0 Å². The molecule has 1 rings (SSSR count). The fourth-order valence-corrected chi connectivity index (χ4v) is 2.22. The van der Waals surface area contributed by atoms with Crippen LogP contribution in [0.25, 0.3) is 0 Å². The van der Waals surface area contributed by atoms with Gasteiger partial charge in [-0.15, -0.1) is 0 Å². The van der Waals surface area contributed by atoms with Crippen LogP contribution >= 0.6 is 0 Å². The van der Waals surface area contributed by atoms with E-state index in [1.54, 1.807) is 19.1 Å². The molecule has 7 heteroatoms. The molecule has 1 unspecified atom stereocenters. The van der Waals surface area contributed by atoms with Gasteiger partial charge in [-0.05, 0) is 24.3 Å². The van der Waals surface area contributed by atoms with Crippen molar-refractivity contribution in [2.24, 2.45) is 5.92 Å². The standard InChI is InChI=1S/C12H18N2O4S/c1-9(12(15)16)8-13-10-4-6-11(7-5-10)19(17,18)14(2)3/h4-7,9,13H,8H2,1-3H3,(H,15,16). The van der Waals surface area contributed by atoms with Gasteiger partial charge in [0.1, 0.15) is 0 Å². The van der Waals surface area contributed by atoms with Crippen molar-refractivity contribution in [1.82, 2.24) is 4.31 Å². The summed E-state index contributed by atoms with van der Waals surface area (Å²) in [6.45, 7) is 1.88. The van der Waals surface area contributed by atoms with Crippen molar-refractivity contribution in [3.8, 4) is 0 Å². The van der Waals surface area contributed by atoms with Crippen LogP contribution in [0.5, 0.6) is 0 Å². The van der Waals surface area contributed by atoms with Gasteiger partial charge in [0.15, 0.2) is 0 Å². The monoisotopic (exact) mass is 286 g/mol. The highest BCUT2D eigenvalue weighted by atomic mass is 32.2. The van der Waals surface area contributed by atoms with Crippen LogP contribution in [0.1, 0.15) is 6.92 Å². The molecular weight excluding hydrogens is 268 g/mol. The molecule has 1 atom stereocenters. The number of carboxylic acid groups (broad SMARTS) is 1. The van der Waals surface area contributed by atoms with Crippen molar-refractivity contribution in [2.75, 3.05) is 26.0 Å². The molecule has 0 heterocycles. The quantitative estimate of drug-likeness (QED) is 0.817. The van der Waals surface area contributed by atoms with Crippen LogP contribution in [0.15, 0.2) is 29.2 Å². The number of benzene rings is 1. The smallest absolute Gasteiger partial charge is 0.308 e. The first kappa shape index (κ1) is 15.5. The van der Waals surface area contributed by atoms with Crippen LogP contribution in [-0.2, 0) is 14.8 Å². The lowest BCUT2D eigenvalue weighted by molar-refractivity contribution is -0.140. The van der Waals surface area contributed by atoms with Gasteiger partial charge in [-0.3, -0.25) is 4.79 Å². The number of aliphatic carboxylic acids is 1. The minimum absolute atomic E-state index is 0.203. The largest absolute Gasteiger partial charge is 0.481 e. The average molecular weight is 286 g/mol. The minimum Gasteiger partial charge on any atom is -0.481 e. The van der Waals surface area contributed by atoms with Gasteiger partial charge in [-0.25, -0.2) is 12.7 Å². The fourth-order valence-electron chi connectivity index (χ4n) is 1.31. The second-order valence-corrected chi connectivity index (χ2v) is 6.58. The summed E-state index contributed by atoms with van der Waals surface area (Å²) in [5.74, 6) is -1.38. The van der Waals surface area contributed by atoms with Crippen molar-refractivity contribution >= 4 is 21.7 Å². The van der Waals surface area contributed by atoms with Crippen molar-refractivity contribution in [1.29, 1.82) is 0 Å². The summed E-state index contributed by atoms with van der Waals surface area (Å²) in [5, 5.41) is 11.7. The Morgan fingerprint density at radius 3 is 2.26 bits per heavy atom. The highest BCUT2D eigenvalue weighted by molar-refractivity contribution is 7.89. The molecular formula is C12H18N2O4S. The van der Waals surface area contributed by atoms with Gasteiger partial charge >= 0.3 is 5.97 Å². The van der Waals surface area contributed by atoms with Gasteiger partial charge in [0.25, 0.3) is 0 Å². The van der Waals surface area contributed by atoms with E-state index in [4.69, 9.17) is 5.11 Å². The van der Waals surface area contributed by atoms with Crippen molar-refractivity contribution in [2.45, 2.75) is 11.8 Å². The molecule has 1 aromatic rings. The molecule has 0 saturated carbocycles. The first-order valence-electron chi connectivity index (χ1n) is 5.74. The normalized spacial score (nSPS) is 13.3. The van der Waals surface area contributed by atoms with Crippen LogP contribution in [0.3, 0.4) is 0 Å². The summed E-state index contributed by atoms with van der Waals surface area (Å²) in [5.41, 5.74) is 0.686. The Morgan fingerprint density at radius 2 is 1.84 bits per heavy atom. The maximum atomic E-state index is 11.8. The molecule has 0 fully saturated rings. The summed E-state index contributed by atoms with van der Waals surface area (Å²) in [6, 6.07) is 6.21. The molecule has 6 nitrogen and oxygen atoms in total. The number of anilines is 1. The summed E-state index contributed by atoms with van der Waals surface area (Å²) in [7, 11) is -0.490. The van der Waals surface area contributed by atoms with Gasteiger partial charge in [-0.1, -0.05) is 6.92 Å². The maximum absolute atomic E-state index is 11.8. The molecule has 0 aromatic heterocycles. The molecule has 0 bridgehead atoms. The maximum Gasteiger partial charge on any atom is 0.308 e. The molecule has 0 aliphatic rings. The third-order valence-corrected chi connectivity index (χ3v) is 4.50. The van der Waals surface area contributed by atoms with Crippen LogP contribution in [0, 0.1) is 5.92 Å². The minimum atomic E-state index is -3.43. The lowest BCUT2D eigenvalue weighted by Gasteiger charge is -2.13. The van der Waals surface area contributed by atoms with E-state index in [2.05, 4.69) is 5.32 Å². The Balaban J connectivity index is 2.75. The van der Waals surface area contributed by atoms with Crippen molar-refractivity contribution in [3.05, 3.63) is 24.3 Å². The lowest BCUT2D eigenvalue weighted by Crippen LogP contribution is -2.22. The van der Waals surface area contributed by atoms with E-state index in [1.165, 1.54) is 26.2 Å². The molecule has 19 heavy (non-hydrogen) atoms. The zero-order chi connectivity index (χ0) is 14.6. The number of nitrogens with one attached hydrogen (secondary N) is 1. The number of hydrogen-bond acceptors (Lipinski definition) is 4. The Hall–Kier alpha value is -1.60. The number of sulfonamides is 1. The lowest BCUT2D eigenvalue weighted by atomic mass is 10.2. The first-order valence-corrected chi connectivity index (χ1v) is 7.18. The predicted molar refractivity (Wildman–Crippen MR) is 72.6 cm³/mol. The Kier molecular flexibility index (Phi) is 4.90. The second-order valence-electron chi connectivity index (χ2n) is 4.43. The van der Waals surface area contributed by atoms with E-state index in [-0.39, 0.29) is 11.4 Å². The predicted octanol–water partition coefficient (Wildman–Crippen LogP) is 1.07. The van der Waals surface area contributed by atoms with E-state index >= 15 is 0 Å². The molecule has 106 valence electrons. The zero-order valence-electron chi connectivity index (χ0n) is 11.1. The molecule has 0 aliphatic carbocycles. The summed E-state index contributed by atoms with van der Waals surface area (Å²) < 4.78 is 24.8. The van der Waals surface area contributed by atoms with Gasteiger partial charge in [0.05, 0.1) is 10.8 Å². The molecule has 0 spiro atoms. The molecule has 0 radical (unpaired) electrons. The van der Waals surface area contributed by atoms with Crippen LogP contribution in [-0.4, -0.2) is 44.4 Å². The summed E-state index contributed by atoms with van der Waals surface area (Å²) in [6.07, 6.45) is 0. The fraction of sp³-hybridized carbons (Fsp3) is 0.417. The number of hydrogen-bond donors (Lipinski definition) is 2. The third kappa shape index (κ3) is 3.93. The van der Waals surface area contributed by atoms with Crippen LogP contribution in [0.4, 0.5) is 5.69 Å². The van der Waals surface area contributed by atoms with Crippen molar-refractivity contribution in [3.63, 3.8) is 0 Å². The van der Waals surface area contributed by atoms with Gasteiger partial charge < -0.3 is 10.4 Å². The molecule has 0 aliphatic heterocycles. The molecule has 2 N–H and O–H groups in total. The van der Waals surface area contributed by atoms with Crippen molar-refractivity contribution < 1.29 is 18.3 Å². The summed E-state index contributed by atoms with van der Waals surface area (Å²) >= 11 is 0. The third-order valence-electron chi connectivity index (χ3n) is 2.67. The SMILES string of the molecule is CC(CNc1ccc(S(=O)(=O)N(C)C)cc1)C(=O)O. The topological polar surface area (TPSA) is 86.7 Å². The second kappa shape index (κ2) is 6.03. The van der Waals surface area contributed by atoms with E-state index in [0.717, 1.165) is 4.31 Å². The molecule has 0 amide bonds. The van der Waals surface area contributed by atoms with E-state index in [9.17, 15) is 13.2 Å². The number of nitrogens with zero attached hydrogens (tertiary/aromatic N) is 1. The van der Waals surface area contributed by atoms with Crippen LogP contribution < -0.4 is 5.32 Å². The number of rotatable bonds is 6. The zero-order valence-corrected chi connectivity index (χ0v) is 11.9. The first-order chi connectivity index (χ1) is 8.75. The average Bonchev–Trinajstić information content (AvgIpc) is 2.36. The van der Waals surface area contributed by atoms with E-state index in [1.807, 2.05) is 0 Å². The van der Waals surface area contributed by atoms with E-state index < -0.39 is 21.9 Å².